The molecule has 2 nitrogen and oxygen atoms in total. The van der Waals surface area contributed by atoms with E-state index >= 15 is 0 Å². The Morgan fingerprint density at radius 1 is 1.57 bits per heavy atom. The summed E-state index contributed by atoms with van der Waals surface area (Å²) in [5.41, 5.74) is 0. The third kappa shape index (κ3) is 3.66. The smallest absolute Gasteiger partial charge is 0.223 e. The Morgan fingerprint density at radius 2 is 2.43 bits per heavy atom. The van der Waals surface area contributed by atoms with Crippen molar-refractivity contribution < 1.29 is 4.79 Å². The number of hydrogen-bond donors (Lipinski definition) is 1. The van der Waals surface area contributed by atoms with Gasteiger partial charge in [0.15, 0.2) is 0 Å². The summed E-state index contributed by atoms with van der Waals surface area (Å²) in [6, 6.07) is 0. The van der Waals surface area contributed by atoms with E-state index in [2.05, 4.69) is 23.4 Å². The van der Waals surface area contributed by atoms with Crippen molar-refractivity contribution in [2.24, 2.45) is 5.92 Å². The molecular weight excluding hydrogens is 174 g/mol. The summed E-state index contributed by atoms with van der Waals surface area (Å²) in [4.78, 5) is 11.6. The van der Waals surface area contributed by atoms with Crippen LogP contribution in [0.25, 0.3) is 0 Å². The lowest BCUT2D eigenvalue weighted by Crippen LogP contribution is -2.31. The van der Waals surface area contributed by atoms with Crippen LogP contribution in [0.5, 0.6) is 0 Å². The molecule has 1 amide bonds. The molecule has 0 aromatic heterocycles. The summed E-state index contributed by atoms with van der Waals surface area (Å²) in [7, 11) is 0. The van der Waals surface area contributed by atoms with Crippen LogP contribution in [0.1, 0.15) is 32.1 Å². The second kappa shape index (κ2) is 6.26. The number of nitrogens with one attached hydrogen (secondary N) is 1. The second-order valence-corrected chi connectivity index (χ2v) is 3.58. The van der Waals surface area contributed by atoms with Crippen molar-refractivity contribution in [3.63, 3.8) is 0 Å². The molecule has 0 fully saturated rings. The Morgan fingerprint density at radius 3 is 3.07 bits per heavy atom. The lowest BCUT2D eigenvalue weighted by molar-refractivity contribution is -0.125. The molecule has 0 saturated heterocycles. The molecule has 0 aromatic rings. The third-order valence-corrected chi connectivity index (χ3v) is 2.44. The van der Waals surface area contributed by atoms with Crippen molar-refractivity contribution in [2.45, 2.75) is 32.1 Å². The van der Waals surface area contributed by atoms with Gasteiger partial charge in [-0.2, -0.15) is 0 Å². The molecule has 0 radical (unpaired) electrons. The standard InChI is InChI=1S/C12H17NO/c1-2-3-7-10-13-12(14)11-8-5-4-6-9-11/h1,4-5,11H,3,6-10H2,(H,13,14). The molecule has 1 N–H and O–H groups in total. The van der Waals surface area contributed by atoms with Crippen molar-refractivity contribution in [1.29, 1.82) is 0 Å². The quantitative estimate of drug-likeness (QED) is 0.410. The van der Waals surface area contributed by atoms with Gasteiger partial charge in [0, 0.05) is 18.9 Å². The van der Waals surface area contributed by atoms with Crippen molar-refractivity contribution >= 4 is 5.91 Å². The topological polar surface area (TPSA) is 29.1 Å². The predicted molar refractivity (Wildman–Crippen MR) is 57.6 cm³/mol. The zero-order valence-corrected chi connectivity index (χ0v) is 8.46. The number of unbranched alkanes of at least 4 members (excludes halogenated alkanes) is 1. The van der Waals surface area contributed by atoms with Gasteiger partial charge in [0.25, 0.3) is 0 Å². The van der Waals surface area contributed by atoms with Crippen molar-refractivity contribution in [1.82, 2.24) is 5.32 Å². The highest BCUT2D eigenvalue weighted by Crippen LogP contribution is 2.17. The fraction of sp³-hybridized carbons (Fsp3) is 0.583. The lowest BCUT2D eigenvalue weighted by atomic mass is 9.94. The van der Waals surface area contributed by atoms with Gasteiger partial charge in [0.1, 0.15) is 0 Å². The largest absolute Gasteiger partial charge is 0.356 e. The highest BCUT2D eigenvalue weighted by atomic mass is 16.1. The molecule has 1 aliphatic carbocycles. The van der Waals surface area contributed by atoms with Gasteiger partial charge in [-0.15, -0.1) is 12.3 Å². The van der Waals surface area contributed by atoms with Crippen LogP contribution in [0.15, 0.2) is 12.2 Å². The fourth-order valence-electron chi connectivity index (χ4n) is 1.58. The van der Waals surface area contributed by atoms with Crippen LogP contribution >= 0.6 is 0 Å². The molecular formula is C12H17NO. The van der Waals surface area contributed by atoms with Crippen LogP contribution in [-0.4, -0.2) is 12.5 Å². The average Bonchev–Trinajstić information content (AvgIpc) is 2.25. The normalized spacial score (nSPS) is 20.1. The van der Waals surface area contributed by atoms with Gasteiger partial charge >= 0.3 is 0 Å². The van der Waals surface area contributed by atoms with Gasteiger partial charge in [-0.1, -0.05) is 12.2 Å². The Bertz CT molecular complexity index is 250. The van der Waals surface area contributed by atoms with Crippen LogP contribution in [0.3, 0.4) is 0 Å². The van der Waals surface area contributed by atoms with E-state index in [0.717, 1.165) is 32.1 Å². The van der Waals surface area contributed by atoms with E-state index < -0.39 is 0 Å². The zero-order chi connectivity index (χ0) is 10.2. The van der Waals surface area contributed by atoms with Crippen LogP contribution in [0, 0.1) is 18.3 Å². The zero-order valence-electron chi connectivity index (χ0n) is 8.46. The predicted octanol–water partition coefficient (Wildman–Crippen LogP) is 1.87. The van der Waals surface area contributed by atoms with E-state index in [-0.39, 0.29) is 11.8 Å². The molecule has 0 spiro atoms. The number of allylic oxidation sites excluding steroid dienone is 2. The maximum atomic E-state index is 11.6. The summed E-state index contributed by atoms with van der Waals surface area (Å²) in [5.74, 6) is 2.93. The Hall–Kier alpha value is -1.23. The monoisotopic (exact) mass is 191 g/mol. The Labute approximate surface area is 85.8 Å². The number of carbonyl (C=O) groups excluding carboxylic acids is 1. The number of amides is 1. The maximum absolute atomic E-state index is 11.6. The number of rotatable bonds is 4. The number of carbonyl (C=O) groups is 1. The molecule has 76 valence electrons. The molecule has 1 rings (SSSR count). The van der Waals surface area contributed by atoms with Crippen LogP contribution in [0.2, 0.25) is 0 Å². The molecule has 1 aliphatic rings. The van der Waals surface area contributed by atoms with E-state index in [0.29, 0.717) is 6.54 Å². The molecule has 0 bridgehead atoms. The van der Waals surface area contributed by atoms with Gasteiger partial charge in [0.2, 0.25) is 5.91 Å². The SMILES string of the molecule is C#CCCCNC(=O)C1CC=CCC1. The minimum absolute atomic E-state index is 0.186. The molecule has 1 atom stereocenters. The summed E-state index contributed by atoms with van der Waals surface area (Å²) >= 11 is 0. The van der Waals surface area contributed by atoms with Crippen LogP contribution in [0.4, 0.5) is 0 Å². The Balaban J connectivity index is 2.15. The van der Waals surface area contributed by atoms with Gasteiger partial charge in [0.05, 0.1) is 0 Å². The van der Waals surface area contributed by atoms with Crippen LogP contribution < -0.4 is 5.32 Å². The molecule has 0 saturated carbocycles. The van der Waals surface area contributed by atoms with E-state index in [9.17, 15) is 4.79 Å². The lowest BCUT2D eigenvalue weighted by Gasteiger charge is -2.16. The van der Waals surface area contributed by atoms with E-state index in [1.807, 2.05) is 0 Å². The molecule has 14 heavy (non-hydrogen) atoms. The van der Waals surface area contributed by atoms with Gasteiger partial charge in [-0.05, 0) is 25.7 Å². The number of terminal acetylenes is 1. The van der Waals surface area contributed by atoms with Crippen molar-refractivity contribution in [2.75, 3.05) is 6.54 Å². The first kappa shape index (κ1) is 10.8. The van der Waals surface area contributed by atoms with E-state index in [1.165, 1.54) is 0 Å². The first-order valence-corrected chi connectivity index (χ1v) is 5.20. The second-order valence-electron chi connectivity index (χ2n) is 3.58. The van der Waals surface area contributed by atoms with E-state index in [1.54, 1.807) is 0 Å². The van der Waals surface area contributed by atoms with Crippen LogP contribution in [-0.2, 0) is 4.79 Å². The van der Waals surface area contributed by atoms with Gasteiger partial charge < -0.3 is 5.32 Å². The highest BCUT2D eigenvalue weighted by molar-refractivity contribution is 5.78. The summed E-state index contributed by atoms with van der Waals surface area (Å²) in [6.45, 7) is 0.712. The minimum atomic E-state index is 0.186. The first-order valence-electron chi connectivity index (χ1n) is 5.20. The third-order valence-electron chi connectivity index (χ3n) is 2.44. The number of hydrogen-bond acceptors (Lipinski definition) is 1. The first-order chi connectivity index (χ1) is 6.84. The van der Waals surface area contributed by atoms with Crippen molar-refractivity contribution in [3.05, 3.63) is 12.2 Å². The van der Waals surface area contributed by atoms with Gasteiger partial charge in [-0.3, -0.25) is 4.79 Å². The minimum Gasteiger partial charge on any atom is -0.356 e. The van der Waals surface area contributed by atoms with Gasteiger partial charge in [-0.25, -0.2) is 0 Å². The molecule has 2 heteroatoms. The maximum Gasteiger partial charge on any atom is 0.223 e. The molecule has 0 heterocycles. The summed E-state index contributed by atoms with van der Waals surface area (Å²) < 4.78 is 0. The van der Waals surface area contributed by atoms with E-state index in [4.69, 9.17) is 6.42 Å². The molecule has 0 aromatic carbocycles. The Kier molecular flexibility index (Phi) is 4.85. The average molecular weight is 191 g/mol. The fourth-order valence-corrected chi connectivity index (χ4v) is 1.58. The molecule has 0 aliphatic heterocycles. The summed E-state index contributed by atoms with van der Waals surface area (Å²) in [6.07, 6.45) is 13.9. The van der Waals surface area contributed by atoms with Crippen molar-refractivity contribution in [3.8, 4) is 12.3 Å². The molecule has 1 unspecified atom stereocenters. The summed E-state index contributed by atoms with van der Waals surface area (Å²) in [5, 5.41) is 2.92. The highest BCUT2D eigenvalue weighted by Gasteiger charge is 2.17.